The number of aromatic nitrogens is 2. The number of hydrogen-bond acceptors (Lipinski definition) is 3. The molecule has 1 heterocycles. The summed E-state index contributed by atoms with van der Waals surface area (Å²) < 4.78 is 20.1. The average molecular weight is 248 g/mol. The van der Waals surface area contributed by atoms with Gasteiger partial charge in [0.05, 0.1) is 11.8 Å². The summed E-state index contributed by atoms with van der Waals surface area (Å²) in [5.74, 6) is -0.615. The molecule has 0 aliphatic carbocycles. The zero-order valence-corrected chi connectivity index (χ0v) is 10.2. The second kappa shape index (κ2) is 5.00. The largest absolute Gasteiger partial charge is 0.482 e. The Morgan fingerprint density at radius 1 is 1.50 bits per heavy atom. The highest BCUT2D eigenvalue weighted by Gasteiger charge is 2.10. The topological polar surface area (TPSA) is 44.1 Å². The lowest BCUT2D eigenvalue weighted by atomic mass is 10.2. The van der Waals surface area contributed by atoms with E-state index in [2.05, 4.69) is 5.10 Å². The third-order valence-electron chi connectivity index (χ3n) is 2.47. The standard InChI is InChI=1S/C13H13FN2O2/c1-9-3-4-11(14)13(5-9)18-8-12(17)10-6-15-16(2)7-10/h3-7H,8H2,1-2H3. The van der Waals surface area contributed by atoms with Crippen LogP contribution in [0.4, 0.5) is 4.39 Å². The van der Waals surface area contributed by atoms with Crippen LogP contribution in [0.3, 0.4) is 0 Å². The van der Waals surface area contributed by atoms with E-state index in [-0.39, 0.29) is 18.1 Å². The Kier molecular flexibility index (Phi) is 3.41. The minimum Gasteiger partial charge on any atom is -0.482 e. The van der Waals surface area contributed by atoms with E-state index < -0.39 is 5.82 Å². The summed E-state index contributed by atoms with van der Waals surface area (Å²) in [5, 5.41) is 3.89. The molecule has 0 saturated carbocycles. The van der Waals surface area contributed by atoms with Gasteiger partial charge in [0.2, 0.25) is 5.78 Å². The molecule has 0 bridgehead atoms. The molecule has 0 radical (unpaired) electrons. The third kappa shape index (κ3) is 2.74. The smallest absolute Gasteiger partial charge is 0.203 e. The number of ether oxygens (including phenoxy) is 1. The molecule has 2 rings (SSSR count). The van der Waals surface area contributed by atoms with Crippen LogP contribution in [0.2, 0.25) is 0 Å². The molecular weight excluding hydrogens is 235 g/mol. The zero-order valence-electron chi connectivity index (χ0n) is 10.2. The van der Waals surface area contributed by atoms with Crippen molar-refractivity contribution in [3.63, 3.8) is 0 Å². The highest BCUT2D eigenvalue weighted by Crippen LogP contribution is 2.18. The van der Waals surface area contributed by atoms with E-state index in [0.717, 1.165) is 5.56 Å². The molecule has 0 unspecified atom stereocenters. The maximum atomic E-state index is 13.4. The summed E-state index contributed by atoms with van der Waals surface area (Å²) >= 11 is 0. The van der Waals surface area contributed by atoms with Gasteiger partial charge < -0.3 is 4.74 Å². The van der Waals surface area contributed by atoms with E-state index in [0.29, 0.717) is 5.56 Å². The van der Waals surface area contributed by atoms with Crippen LogP contribution < -0.4 is 4.74 Å². The molecule has 94 valence electrons. The van der Waals surface area contributed by atoms with E-state index in [4.69, 9.17) is 4.74 Å². The first-order valence-electron chi connectivity index (χ1n) is 5.47. The minimum atomic E-state index is -0.473. The Balaban J connectivity index is 2.03. The summed E-state index contributed by atoms with van der Waals surface area (Å²) in [6.07, 6.45) is 3.05. The van der Waals surface area contributed by atoms with Gasteiger partial charge in [0.25, 0.3) is 0 Å². The lowest BCUT2D eigenvalue weighted by Crippen LogP contribution is -2.11. The number of hydrogen-bond donors (Lipinski definition) is 0. The zero-order chi connectivity index (χ0) is 13.1. The van der Waals surface area contributed by atoms with Crippen LogP contribution in [0.15, 0.2) is 30.6 Å². The number of nitrogens with zero attached hydrogens (tertiary/aromatic N) is 2. The van der Waals surface area contributed by atoms with Crippen molar-refractivity contribution < 1.29 is 13.9 Å². The molecule has 4 nitrogen and oxygen atoms in total. The van der Waals surface area contributed by atoms with Crippen molar-refractivity contribution in [3.8, 4) is 5.75 Å². The fraction of sp³-hybridized carbons (Fsp3) is 0.231. The first kappa shape index (κ1) is 12.3. The molecule has 1 aromatic carbocycles. The Bertz CT molecular complexity index is 578. The van der Waals surface area contributed by atoms with Crippen molar-refractivity contribution in [1.29, 1.82) is 0 Å². The highest BCUT2D eigenvalue weighted by atomic mass is 19.1. The Morgan fingerprint density at radius 2 is 2.28 bits per heavy atom. The SMILES string of the molecule is Cc1ccc(F)c(OCC(=O)c2cnn(C)c2)c1. The molecule has 0 atom stereocenters. The first-order valence-corrected chi connectivity index (χ1v) is 5.47. The number of halogens is 1. The summed E-state index contributed by atoms with van der Waals surface area (Å²) in [7, 11) is 1.72. The number of Topliss-reactive ketones (excluding diaryl/α,β-unsaturated/α-hetero) is 1. The van der Waals surface area contributed by atoms with Crippen LogP contribution in [-0.4, -0.2) is 22.2 Å². The maximum Gasteiger partial charge on any atom is 0.203 e. The van der Waals surface area contributed by atoms with Gasteiger partial charge in [-0.1, -0.05) is 6.07 Å². The van der Waals surface area contributed by atoms with Gasteiger partial charge in [-0.3, -0.25) is 9.48 Å². The van der Waals surface area contributed by atoms with E-state index in [1.165, 1.54) is 16.9 Å². The van der Waals surface area contributed by atoms with Gasteiger partial charge in [0.15, 0.2) is 18.2 Å². The highest BCUT2D eigenvalue weighted by molar-refractivity contribution is 5.96. The first-order chi connectivity index (χ1) is 8.56. The number of benzene rings is 1. The van der Waals surface area contributed by atoms with Gasteiger partial charge in [0, 0.05) is 13.2 Å². The Labute approximate surface area is 104 Å². The van der Waals surface area contributed by atoms with Crippen LogP contribution >= 0.6 is 0 Å². The van der Waals surface area contributed by atoms with Gasteiger partial charge >= 0.3 is 0 Å². The fourth-order valence-electron chi connectivity index (χ4n) is 1.51. The lowest BCUT2D eigenvalue weighted by Gasteiger charge is -2.06. The molecule has 0 fully saturated rings. The summed E-state index contributed by atoms with van der Waals surface area (Å²) in [4.78, 5) is 11.7. The van der Waals surface area contributed by atoms with Crippen molar-refractivity contribution in [3.05, 3.63) is 47.5 Å². The normalized spacial score (nSPS) is 10.4. The van der Waals surface area contributed by atoms with Gasteiger partial charge in [-0.25, -0.2) is 4.39 Å². The van der Waals surface area contributed by atoms with E-state index in [1.54, 1.807) is 25.4 Å². The van der Waals surface area contributed by atoms with Crippen molar-refractivity contribution in [1.82, 2.24) is 9.78 Å². The number of carbonyl (C=O) groups excluding carboxylic acids is 1. The predicted octanol–water partition coefficient (Wildman–Crippen LogP) is 2.13. The summed E-state index contributed by atoms with van der Waals surface area (Å²) in [6, 6.07) is 4.52. The molecule has 0 aliphatic rings. The van der Waals surface area contributed by atoms with Gasteiger partial charge in [-0.05, 0) is 24.6 Å². The molecule has 18 heavy (non-hydrogen) atoms. The van der Waals surface area contributed by atoms with Crippen molar-refractivity contribution in [2.24, 2.45) is 7.05 Å². The fourth-order valence-corrected chi connectivity index (χ4v) is 1.51. The van der Waals surface area contributed by atoms with Gasteiger partial charge in [-0.2, -0.15) is 5.10 Å². The number of carbonyl (C=O) groups is 1. The summed E-state index contributed by atoms with van der Waals surface area (Å²) in [6.45, 7) is 1.63. The molecule has 2 aromatic rings. The lowest BCUT2D eigenvalue weighted by molar-refractivity contribution is 0.0918. The van der Waals surface area contributed by atoms with Gasteiger partial charge in [-0.15, -0.1) is 0 Å². The third-order valence-corrected chi connectivity index (χ3v) is 2.47. The second-order valence-corrected chi connectivity index (χ2v) is 4.05. The Morgan fingerprint density at radius 3 is 2.94 bits per heavy atom. The second-order valence-electron chi connectivity index (χ2n) is 4.05. The number of rotatable bonds is 4. The van der Waals surface area contributed by atoms with E-state index in [9.17, 15) is 9.18 Å². The molecule has 1 aromatic heterocycles. The minimum absolute atomic E-state index is 0.0900. The van der Waals surface area contributed by atoms with E-state index >= 15 is 0 Å². The van der Waals surface area contributed by atoms with Crippen LogP contribution in [-0.2, 0) is 7.05 Å². The van der Waals surface area contributed by atoms with E-state index in [1.807, 2.05) is 6.92 Å². The molecule has 0 saturated heterocycles. The van der Waals surface area contributed by atoms with Crippen LogP contribution in [0.1, 0.15) is 15.9 Å². The monoisotopic (exact) mass is 248 g/mol. The van der Waals surface area contributed by atoms with Crippen LogP contribution in [0.25, 0.3) is 0 Å². The van der Waals surface area contributed by atoms with Crippen molar-refractivity contribution in [2.45, 2.75) is 6.92 Å². The Hall–Kier alpha value is -2.17. The quantitative estimate of drug-likeness (QED) is 0.778. The van der Waals surface area contributed by atoms with Gasteiger partial charge in [0.1, 0.15) is 0 Å². The van der Waals surface area contributed by atoms with Crippen LogP contribution in [0, 0.1) is 12.7 Å². The molecule has 0 aliphatic heterocycles. The average Bonchev–Trinajstić information content (AvgIpc) is 2.77. The summed E-state index contributed by atoms with van der Waals surface area (Å²) in [5.41, 5.74) is 1.32. The molecule has 0 amide bonds. The predicted molar refractivity (Wildman–Crippen MR) is 64.2 cm³/mol. The number of ketones is 1. The molecule has 0 spiro atoms. The molecule has 5 heteroatoms. The van der Waals surface area contributed by atoms with Crippen molar-refractivity contribution in [2.75, 3.05) is 6.61 Å². The van der Waals surface area contributed by atoms with Crippen LogP contribution in [0.5, 0.6) is 5.75 Å². The maximum absolute atomic E-state index is 13.4. The number of aryl methyl sites for hydroxylation is 2. The molecule has 0 N–H and O–H groups in total. The van der Waals surface area contributed by atoms with Crippen molar-refractivity contribution >= 4 is 5.78 Å². The molecular formula is C13H13FN2O2.